The van der Waals surface area contributed by atoms with Crippen molar-refractivity contribution < 1.29 is 9.90 Å². The monoisotopic (exact) mass is 236 g/mol. The Morgan fingerprint density at radius 3 is 3.12 bits per heavy atom. The molecule has 0 aliphatic rings. The van der Waals surface area contributed by atoms with Gasteiger partial charge in [-0.3, -0.25) is 4.79 Å². The van der Waals surface area contributed by atoms with Gasteiger partial charge in [0.2, 0.25) is 0 Å². The summed E-state index contributed by atoms with van der Waals surface area (Å²) in [6, 6.07) is 3.98. The largest absolute Gasteiger partial charge is 0.481 e. The minimum Gasteiger partial charge on any atom is -0.481 e. The number of aliphatic carboxylic acids is 1. The zero-order valence-corrected chi connectivity index (χ0v) is 9.62. The first-order chi connectivity index (χ1) is 7.66. The predicted octanol–water partition coefficient (Wildman–Crippen LogP) is 2.72. The van der Waals surface area contributed by atoms with Gasteiger partial charge in [-0.15, -0.1) is 11.3 Å². The normalized spacial score (nSPS) is 12.6. The summed E-state index contributed by atoms with van der Waals surface area (Å²) in [5.41, 5.74) is 0.947. The fourth-order valence-electron chi connectivity index (χ4n) is 1.50. The van der Waals surface area contributed by atoms with E-state index in [9.17, 15) is 4.79 Å². The number of carbonyl (C=O) groups is 1. The molecule has 2 N–H and O–H groups in total. The minimum absolute atomic E-state index is 0.0915. The van der Waals surface area contributed by atoms with Crippen molar-refractivity contribution in [2.45, 2.75) is 19.3 Å². The van der Waals surface area contributed by atoms with Crippen LogP contribution in [-0.4, -0.2) is 21.0 Å². The van der Waals surface area contributed by atoms with Crippen molar-refractivity contribution in [2.24, 2.45) is 0 Å². The number of hydrogen-bond donors (Lipinski definition) is 2. The smallest absolute Gasteiger partial charge is 0.304 e. The van der Waals surface area contributed by atoms with Crippen LogP contribution in [0.15, 0.2) is 23.7 Å². The second-order valence-electron chi connectivity index (χ2n) is 3.66. The standard InChI is InChI=1S/C11H12N2O2S/c1-7(5-10(14)15)11-12-6-8(13-11)9-3-2-4-16-9/h2-4,6-7H,5H2,1H3,(H,12,13)(H,14,15). The van der Waals surface area contributed by atoms with Crippen molar-refractivity contribution in [2.75, 3.05) is 0 Å². The van der Waals surface area contributed by atoms with Gasteiger partial charge in [-0.05, 0) is 11.4 Å². The molecule has 2 rings (SSSR count). The van der Waals surface area contributed by atoms with Crippen molar-refractivity contribution in [3.63, 3.8) is 0 Å². The van der Waals surface area contributed by atoms with Gasteiger partial charge in [0.05, 0.1) is 23.2 Å². The van der Waals surface area contributed by atoms with E-state index in [0.717, 1.165) is 16.4 Å². The van der Waals surface area contributed by atoms with Crippen LogP contribution in [0.4, 0.5) is 0 Å². The number of nitrogens with zero attached hydrogens (tertiary/aromatic N) is 1. The highest BCUT2D eigenvalue weighted by Crippen LogP contribution is 2.25. The molecule has 5 heteroatoms. The van der Waals surface area contributed by atoms with Crippen molar-refractivity contribution in [3.8, 4) is 10.6 Å². The Kier molecular flexibility index (Phi) is 3.05. The van der Waals surface area contributed by atoms with Gasteiger partial charge in [-0.2, -0.15) is 0 Å². The van der Waals surface area contributed by atoms with Crippen LogP contribution < -0.4 is 0 Å². The van der Waals surface area contributed by atoms with Crippen LogP contribution >= 0.6 is 11.3 Å². The number of carboxylic acid groups (broad SMARTS) is 1. The molecule has 0 amide bonds. The van der Waals surface area contributed by atoms with E-state index in [1.54, 1.807) is 17.5 Å². The van der Waals surface area contributed by atoms with E-state index in [1.165, 1.54) is 0 Å². The summed E-state index contributed by atoms with van der Waals surface area (Å²) in [6.45, 7) is 1.85. The molecule has 0 spiro atoms. The van der Waals surface area contributed by atoms with Crippen molar-refractivity contribution in [1.29, 1.82) is 0 Å². The molecule has 0 saturated heterocycles. The molecular formula is C11H12N2O2S. The molecule has 1 atom stereocenters. The summed E-state index contributed by atoms with van der Waals surface area (Å²) in [4.78, 5) is 19.1. The molecule has 0 fully saturated rings. The Bertz CT molecular complexity index is 476. The number of carboxylic acids is 1. The Hall–Kier alpha value is -1.62. The second kappa shape index (κ2) is 4.49. The molecule has 1 unspecified atom stereocenters. The molecule has 0 radical (unpaired) electrons. The fraction of sp³-hybridized carbons (Fsp3) is 0.273. The Morgan fingerprint density at radius 2 is 2.50 bits per heavy atom. The second-order valence-corrected chi connectivity index (χ2v) is 4.61. The predicted molar refractivity (Wildman–Crippen MR) is 62.6 cm³/mol. The Morgan fingerprint density at radius 1 is 1.69 bits per heavy atom. The molecular weight excluding hydrogens is 224 g/mol. The first-order valence-corrected chi connectivity index (χ1v) is 5.85. The third kappa shape index (κ3) is 2.30. The number of rotatable bonds is 4. The number of H-pyrrole nitrogens is 1. The van der Waals surface area contributed by atoms with Gasteiger partial charge in [-0.1, -0.05) is 13.0 Å². The molecule has 4 nitrogen and oxygen atoms in total. The highest BCUT2D eigenvalue weighted by molar-refractivity contribution is 7.13. The van der Waals surface area contributed by atoms with Gasteiger partial charge in [0, 0.05) is 5.92 Å². The van der Waals surface area contributed by atoms with Crippen LogP contribution in [0.25, 0.3) is 10.6 Å². The molecule has 16 heavy (non-hydrogen) atoms. The Balaban J connectivity index is 2.16. The van der Waals surface area contributed by atoms with Crippen LogP contribution in [0.1, 0.15) is 25.1 Å². The lowest BCUT2D eigenvalue weighted by Gasteiger charge is -2.03. The van der Waals surface area contributed by atoms with Crippen LogP contribution in [0.3, 0.4) is 0 Å². The van der Waals surface area contributed by atoms with Crippen LogP contribution in [-0.2, 0) is 4.79 Å². The molecule has 2 heterocycles. The molecule has 0 aromatic carbocycles. The maximum absolute atomic E-state index is 10.6. The number of aromatic amines is 1. The summed E-state index contributed by atoms with van der Waals surface area (Å²) in [6.07, 6.45) is 1.84. The maximum Gasteiger partial charge on any atom is 0.304 e. The summed E-state index contributed by atoms with van der Waals surface area (Å²) >= 11 is 1.63. The minimum atomic E-state index is -0.804. The van der Waals surface area contributed by atoms with Gasteiger partial charge in [0.25, 0.3) is 0 Å². The van der Waals surface area contributed by atoms with Gasteiger partial charge in [0.15, 0.2) is 0 Å². The van der Waals surface area contributed by atoms with Crippen LogP contribution in [0, 0.1) is 0 Å². The van der Waals surface area contributed by atoms with E-state index in [0.29, 0.717) is 0 Å². The van der Waals surface area contributed by atoms with E-state index in [-0.39, 0.29) is 12.3 Å². The summed E-state index contributed by atoms with van der Waals surface area (Å²) in [5.74, 6) is -0.168. The SMILES string of the molecule is CC(CC(=O)O)c1ncc(-c2cccs2)[nH]1. The first-order valence-electron chi connectivity index (χ1n) is 4.97. The molecule has 0 aliphatic carbocycles. The number of aromatic nitrogens is 2. The fourth-order valence-corrected chi connectivity index (χ4v) is 2.19. The quantitative estimate of drug-likeness (QED) is 0.857. The van der Waals surface area contributed by atoms with Gasteiger partial charge in [0.1, 0.15) is 5.82 Å². The number of nitrogens with one attached hydrogen (secondary N) is 1. The lowest BCUT2D eigenvalue weighted by atomic mass is 10.1. The number of hydrogen-bond acceptors (Lipinski definition) is 3. The molecule has 2 aromatic heterocycles. The van der Waals surface area contributed by atoms with Crippen molar-refractivity contribution in [1.82, 2.24) is 9.97 Å². The lowest BCUT2D eigenvalue weighted by molar-refractivity contribution is -0.137. The molecule has 0 bridgehead atoms. The molecule has 2 aromatic rings. The van der Waals surface area contributed by atoms with Crippen molar-refractivity contribution in [3.05, 3.63) is 29.5 Å². The zero-order valence-electron chi connectivity index (χ0n) is 8.80. The van der Waals surface area contributed by atoms with Gasteiger partial charge in [-0.25, -0.2) is 4.98 Å². The number of thiophene rings is 1. The molecule has 84 valence electrons. The number of imidazole rings is 1. The van der Waals surface area contributed by atoms with E-state index in [4.69, 9.17) is 5.11 Å². The summed E-state index contributed by atoms with van der Waals surface area (Å²) in [7, 11) is 0. The van der Waals surface area contributed by atoms with Crippen LogP contribution in [0.2, 0.25) is 0 Å². The highest BCUT2D eigenvalue weighted by Gasteiger charge is 2.14. The molecule has 0 saturated carbocycles. The van der Waals surface area contributed by atoms with E-state index in [2.05, 4.69) is 9.97 Å². The topological polar surface area (TPSA) is 66.0 Å². The third-order valence-corrected chi connectivity index (χ3v) is 3.23. The van der Waals surface area contributed by atoms with Gasteiger partial charge >= 0.3 is 5.97 Å². The summed E-state index contributed by atoms with van der Waals surface area (Å²) < 4.78 is 0. The van der Waals surface area contributed by atoms with E-state index >= 15 is 0 Å². The maximum atomic E-state index is 10.6. The Labute approximate surface area is 97.0 Å². The van der Waals surface area contributed by atoms with E-state index < -0.39 is 5.97 Å². The third-order valence-electron chi connectivity index (χ3n) is 2.33. The molecule has 0 aliphatic heterocycles. The average Bonchev–Trinajstić information content (AvgIpc) is 2.87. The lowest BCUT2D eigenvalue weighted by Crippen LogP contribution is -2.04. The first kappa shape index (κ1) is 10.9. The van der Waals surface area contributed by atoms with Crippen LogP contribution in [0.5, 0.6) is 0 Å². The van der Waals surface area contributed by atoms with Crippen molar-refractivity contribution >= 4 is 17.3 Å². The summed E-state index contributed by atoms with van der Waals surface area (Å²) in [5, 5.41) is 10.7. The van der Waals surface area contributed by atoms with Gasteiger partial charge < -0.3 is 10.1 Å². The zero-order chi connectivity index (χ0) is 11.5. The van der Waals surface area contributed by atoms with E-state index in [1.807, 2.05) is 24.4 Å². The average molecular weight is 236 g/mol. The highest BCUT2D eigenvalue weighted by atomic mass is 32.1.